The van der Waals surface area contributed by atoms with E-state index in [2.05, 4.69) is 41.1 Å². The molecule has 1 aliphatic rings. The highest BCUT2D eigenvalue weighted by Crippen LogP contribution is 2.10. The summed E-state index contributed by atoms with van der Waals surface area (Å²) in [5.74, 6) is 0.235. The molecule has 0 bridgehead atoms. The Morgan fingerprint density at radius 1 is 0.659 bits per heavy atom. The van der Waals surface area contributed by atoms with E-state index in [0.29, 0.717) is 49.1 Å². The van der Waals surface area contributed by atoms with Gasteiger partial charge in [-0.2, -0.15) is 0 Å². The summed E-state index contributed by atoms with van der Waals surface area (Å²) in [5, 5.41) is 12.1. The summed E-state index contributed by atoms with van der Waals surface area (Å²) in [5.41, 5.74) is 13.9. The van der Waals surface area contributed by atoms with Crippen molar-refractivity contribution < 1.29 is 9.59 Å². The van der Waals surface area contributed by atoms with Crippen LogP contribution >= 0.6 is 23.2 Å². The van der Waals surface area contributed by atoms with E-state index >= 15 is 0 Å². The Balaban J connectivity index is 1.17. The number of urea groups is 2. The van der Waals surface area contributed by atoms with Gasteiger partial charge in [0.2, 0.25) is 0 Å². The highest BCUT2D eigenvalue weighted by molar-refractivity contribution is 6.30. The molecule has 1 heterocycles. The third-order valence-corrected chi connectivity index (χ3v) is 7.51. The Bertz CT molecular complexity index is 1120. The topological polar surface area (TPSA) is 166 Å². The van der Waals surface area contributed by atoms with E-state index in [4.69, 9.17) is 34.7 Å². The maximum atomic E-state index is 12.0. The van der Waals surface area contributed by atoms with Crippen LogP contribution in [0.5, 0.6) is 0 Å². The van der Waals surface area contributed by atoms with Gasteiger partial charge < -0.3 is 31.9 Å². The molecule has 0 spiro atoms. The van der Waals surface area contributed by atoms with Crippen molar-refractivity contribution in [2.24, 2.45) is 21.5 Å². The molecular weight excluding hydrogens is 603 g/mol. The van der Waals surface area contributed by atoms with Crippen LogP contribution in [0.2, 0.25) is 10.0 Å². The van der Waals surface area contributed by atoms with Crippen molar-refractivity contribution in [3.63, 3.8) is 0 Å². The molecule has 2 aromatic carbocycles. The minimum Gasteiger partial charge on any atom is -0.370 e. The van der Waals surface area contributed by atoms with Crippen LogP contribution in [0.3, 0.4) is 0 Å². The van der Waals surface area contributed by atoms with Gasteiger partial charge in [0.25, 0.3) is 0 Å². The van der Waals surface area contributed by atoms with Crippen LogP contribution in [0, 0.1) is 0 Å². The third-order valence-electron chi connectivity index (χ3n) is 7.00. The number of nitrogens with two attached hydrogens (primary N) is 2. The SMILES string of the molecule is NC(=NCCCN1CCN(CCCN=C(N)NC(=O)NCCc2ccc(Cl)cc2)CC1)NC(=O)NCCc1ccc(Cl)cc1. The highest BCUT2D eigenvalue weighted by atomic mass is 35.5. The maximum Gasteiger partial charge on any atom is 0.321 e. The van der Waals surface area contributed by atoms with Crippen molar-refractivity contribution in [2.75, 3.05) is 65.4 Å². The second-order valence-electron chi connectivity index (χ2n) is 10.4. The van der Waals surface area contributed by atoms with E-state index in [-0.39, 0.29) is 24.0 Å². The van der Waals surface area contributed by atoms with E-state index in [1.165, 1.54) is 0 Å². The van der Waals surface area contributed by atoms with Gasteiger partial charge in [0.15, 0.2) is 11.9 Å². The van der Waals surface area contributed by atoms with Gasteiger partial charge in [0.05, 0.1) is 0 Å². The highest BCUT2D eigenvalue weighted by Gasteiger charge is 2.16. The molecule has 0 unspecified atom stereocenters. The van der Waals surface area contributed by atoms with Gasteiger partial charge in [-0.25, -0.2) is 9.59 Å². The molecule has 240 valence electrons. The Morgan fingerprint density at radius 2 is 1.02 bits per heavy atom. The van der Waals surface area contributed by atoms with Gasteiger partial charge >= 0.3 is 12.1 Å². The van der Waals surface area contributed by atoms with Crippen molar-refractivity contribution in [2.45, 2.75) is 25.7 Å². The Kier molecular flexibility index (Phi) is 15.6. The molecule has 14 heteroatoms. The molecule has 0 aliphatic carbocycles. The molecule has 12 nitrogen and oxygen atoms in total. The molecule has 4 amide bonds. The van der Waals surface area contributed by atoms with Gasteiger partial charge in [-0.3, -0.25) is 20.6 Å². The number of nitrogens with one attached hydrogen (secondary N) is 4. The summed E-state index contributed by atoms with van der Waals surface area (Å²) in [6.45, 7) is 7.84. The predicted molar refractivity (Wildman–Crippen MR) is 178 cm³/mol. The van der Waals surface area contributed by atoms with Crippen molar-refractivity contribution in [1.29, 1.82) is 0 Å². The minimum absolute atomic E-state index is 0.118. The summed E-state index contributed by atoms with van der Waals surface area (Å²) in [6, 6.07) is 14.3. The van der Waals surface area contributed by atoms with Crippen LogP contribution in [-0.4, -0.2) is 99.2 Å². The van der Waals surface area contributed by atoms with E-state index in [1.807, 2.05) is 48.5 Å². The fourth-order valence-electron chi connectivity index (χ4n) is 4.57. The van der Waals surface area contributed by atoms with Crippen LogP contribution < -0.4 is 32.7 Å². The first-order chi connectivity index (χ1) is 21.3. The van der Waals surface area contributed by atoms with Gasteiger partial charge in [0, 0.05) is 75.5 Å². The first kappa shape index (κ1) is 34.9. The summed E-state index contributed by atoms with van der Waals surface area (Å²) < 4.78 is 0. The molecule has 0 saturated carbocycles. The van der Waals surface area contributed by atoms with E-state index in [0.717, 1.165) is 63.2 Å². The molecule has 1 aliphatic heterocycles. The van der Waals surface area contributed by atoms with E-state index < -0.39 is 0 Å². The largest absolute Gasteiger partial charge is 0.370 e. The van der Waals surface area contributed by atoms with Crippen LogP contribution in [0.25, 0.3) is 0 Å². The average Bonchev–Trinajstić information content (AvgIpc) is 3.00. The van der Waals surface area contributed by atoms with Gasteiger partial charge in [-0.1, -0.05) is 47.5 Å². The molecule has 0 aromatic heterocycles. The lowest BCUT2D eigenvalue weighted by Crippen LogP contribution is -2.47. The molecule has 3 rings (SSSR count). The van der Waals surface area contributed by atoms with Gasteiger partial charge in [-0.15, -0.1) is 0 Å². The number of carbonyl (C=O) groups excluding carboxylic acids is 2. The molecular formula is C30H44Cl2N10O2. The number of piperazine rings is 1. The smallest absolute Gasteiger partial charge is 0.321 e. The standard InChI is InChI=1S/C30H44Cl2N10O2/c31-25-7-3-23(4-8-25)11-15-37-29(43)39-27(33)35-13-1-17-41-19-21-42(22-20-41)18-2-14-36-28(34)40-30(44)38-16-12-24-5-9-26(32)10-6-24/h3-10H,1-2,11-22H2,(H4,33,35,37,39,43)(H4,34,36,38,40,44). The molecule has 1 saturated heterocycles. The second kappa shape index (κ2) is 19.6. The van der Waals surface area contributed by atoms with Crippen molar-refractivity contribution >= 4 is 47.2 Å². The normalized spacial score (nSPS) is 14.7. The number of nitrogens with zero attached hydrogens (tertiary/aromatic N) is 4. The fraction of sp³-hybridized carbons (Fsp3) is 0.467. The minimum atomic E-state index is -0.368. The van der Waals surface area contributed by atoms with Crippen LogP contribution in [-0.2, 0) is 12.8 Å². The molecule has 0 atom stereocenters. The zero-order valence-corrected chi connectivity index (χ0v) is 26.5. The molecule has 0 radical (unpaired) electrons. The molecule has 8 N–H and O–H groups in total. The Morgan fingerprint density at radius 3 is 1.39 bits per heavy atom. The monoisotopic (exact) mass is 646 g/mol. The van der Waals surface area contributed by atoms with Gasteiger partial charge in [0.1, 0.15) is 0 Å². The number of carbonyl (C=O) groups is 2. The number of benzene rings is 2. The van der Waals surface area contributed by atoms with E-state index in [1.54, 1.807) is 0 Å². The van der Waals surface area contributed by atoms with Crippen LogP contribution in [0.15, 0.2) is 58.5 Å². The lowest BCUT2D eigenvalue weighted by Gasteiger charge is -2.34. The number of halogens is 2. The van der Waals surface area contributed by atoms with Gasteiger partial charge in [-0.05, 0) is 61.1 Å². The maximum absolute atomic E-state index is 12.0. The number of guanidine groups is 2. The molecule has 2 aromatic rings. The Labute approximate surface area is 269 Å². The van der Waals surface area contributed by atoms with Crippen molar-refractivity contribution in [3.8, 4) is 0 Å². The van der Waals surface area contributed by atoms with Crippen LogP contribution in [0.1, 0.15) is 24.0 Å². The lowest BCUT2D eigenvalue weighted by molar-refractivity contribution is 0.131. The van der Waals surface area contributed by atoms with Crippen LogP contribution in [0.4, 0.5) is 9.59 Å². The number of amides is 4. The zero-order valence-electron chi connectivity index (χ0n) is 25.0. The third kappa shape index (κ3) is 14.7. The van der Waals surface area contributed by atoms with Crippen molar-refractivity contribution in [3.05, 3.63) is 69.7 Å². The lowest BCUT2D eigenvalue weighted by atomic mass is 10.1. The first-order valence-corrected chi connectivity index (χ1v) is 15.7. The zero-order chi connectivity index (χ0) is 31.6. The predicted octanol–water partition coefficient (Wildman–Crippen LogP) is 2.40. The Hall–Kier alpha value is -3.58. The number of rotatable bonds is 14. The quantitative estimate of drug-likeness (QED) is 0.105. The number of aliphatic imine (C=N–C) groups is 2. The molecule has 44 heavy (non-hydrogen) atoms. The fourth-order valence-corrected chi connectivity index (χ4v) is 4.82. The first-order valence-electron chi connectivity index (χ1n) is 14.9. The summed E-state index contributed by atoms with van der Waals surface area (Å²) in [4.78, 5) is 37.4. The number of hydrogen-bond acceptors (Lipinski definition) is 6. The average molecular weight is 648 g/mol. The summed E-state index contributed by atoms with van der Waals surface area (Å²) in [6.07, 6.45) is 3.11. The van der Waals surface area contributed by atoms with E-state index in [9.17, 15) is 9.59 Å². The number of hydrogen-bond donors (Lipinski definition) is 6. The second-order valence-corrected chi connectivity index (χ2v) is 11.3. The molecule has 1 fully saturated rings. The summed E-state index contributed by atoms with van der Waals surface area (Å²) >= 11 is 11.8. The van der Waals surface area contributed by atoms with Crippen molar-refractivity contribution in [1.82, 2.24) is 31.1 Å². The summed E-state index contributed by atoms with van der Waals surface area (Å²) in [7, 11) is 0.